The fourth-order valence-corrected chi connectivity index (χ4v) is 3.71. The molecule has 3 aromatic heterocycles. The summed E-state index contributed by atoms with van der Waals surface area (Å²) in [7, 11) is 0. The molecule has 0 bridgehead atoms. The van der Waals surface area contributed by atoms with Gasteiger partial charge in [-0.25, -0.2) is 20.4 Å². The number of hydrogen-bond donors (Lipinski definition) is 3. The number of rotatable bonds is 6. The van der Waals surface area contributed by atoms with E-state index in [-0.39, 0.29) is 47.1 Å². The first kappa shape index (κ1) is 18.6. The van der Waals surface area contributed by atoms with Gasteiger partial charge in [0.05, 0.1) is 24.7 Å². The molecule has 4 heterocycles. The van der Waals surface area contributed by atoms with Gasteiger partial charge in [-0.05, 0) is 25.5 Å². The molecular formula is C17H19N7O3S. The Bertz CT molecular complexity index is 1040. The second-order valence-electron chi connectivity index (χ2n) is 6.43. The van der Waals surface area contributed by atoms with Crippen molar-refractivity contribution in [2.45, 2.75) is 37.3 Å². The maximum Gasteiger partial charge on any atom is 0.282 e. The van der Waals surface area contributed by atoms with Gasteiger partial charge >= 0.3 is 0 Å². The molecule has 1 fully saturated rings. The predicted molar refractivity (Wildman–Crippen MR) is 102 cm³/mol. The third-order valence-electron chi connectivity index (χ3n) is 4.21. The quantitative estimate of drug-likeness (QED) is 0.393. The molecule has 11 heteroatoms. The van der Waals surface area contributed by atoms with Crippen LogP contribution in [0, 0.1) is 0 Å². The van der Waals surface area contributed by atoms with Gasteiger partial charge in [0, 0.05) is 18.4 Å². The summed E-state index contributed by atoms with van der Waals surface area (Å²) in [6, 6.07) is 3.81. The van der Waals surface area contributed by atoms with Crippen LogP contribution in [-0.2, 0) is 11.3 Å². The van der Waals surface area contributed by atoms with Crippen LogP contribution in [0.2, 0.25) is 0 Å². The minimum atomic E-state index is -0.326. The molecule has 4 rings (SSSR count). The van der Waals surface area contributed by atoms with Gasteiger partial charge in [0.1, 0.15) is 5.76 Å². The van der Waals surface area contributed by atoms with Crippen LogP contribution in [0.1, 0.15) is 19.1 Å². The highest BCUT2D eigenvalue weighted by Crippen LogP contribution is 2.17. The van der Waals surface area contributed by atoms with Gasteiger partial charge in [-0.3, -0.25) is 19.6 Å². The molecule has 3 N–H and O–H groups in total. The molecular weight excluding hydrogens is 382 g/mol. The first-order chi connectivity index (χ1) is 13.6. The van der Waals surface area contributed by atoms with Gasteiger partial charge in [0.2, 0.25) is 5.91 Å². The molecule has 2 unspecified atom stereocenters. The van der Waals surface area contributed by atoms with Crippen molar-refractivity contribution in [2.75, 3.05) is 5.75 Å². The number of nitrogens with zero attached hydrogens (tertiary/aromatic N) is 4. The van der Waals surface area contributed by atoms with Crippen LogP contribution in [0.15, 0.2) is 45.2 Å². The molecule has 1 aliphatic rings. The minimum absolute atomic E-state index is 0.114. The van der Waals surface area contributed by atoms with E-state index in [0.717, 1.165) is 6.42 Å². The SMILES string of the molecule is CC1CC(NC(=O)CSc2nc3nccnc3c(=O)n2Cc2ccco2)NN1. The molecule has 1 amide bonds. The largest absolute Gasteiger partial charge is 0.467 e. The third-order valence-corrected chi connectivity index (χ3v) is 5.19. The van der Waals surface area contributed by atoms with Crippen molar-refractivity contribution in [3.8, 4) is 0 Å². The third kappa shape index (κ3) is 4.06. The Morgan fingerprint density at radius 2 is 2.25 bits per heavy atom. The number of thioether (sulfide) groups is 1. The maximum atomic E-state index is 12.9. The van der Waals surface area contributed by atoms with Gasteiger partial charge in [0.15, 0.2) is 16.3 Å². The molecule has 10 nitrogen and oxygen atoms in total. The zero-order valence-electron chi connectivity index (χ0n) is 15.1. The molecule has 0 aromatic carbocycles. The van der Waals surface area contributed by atoms with Crippen molar-refractivity contribution in [1.82, 2.24) is 35.7 Å². The minimum Gasteiger partial charge on any atom is -0.467 e. The van der Waals surface area contributed by atoms with Crippen LogP contribution in [0.5, 0.6) is 0 Å². The Morgan fingerprint density at radius 3 is 3.00 bits per heavy atom. The van der Waals surface area contributed by atoms with E-state index in [4.69, 9.17) is 4.42 Å². The van der Waals surface area contributed by atoms with Crippen molar-refractivity contribution < 1.29 is 9.21 Å². The lowest BCUT2D eigenvalue weighted by molar-refractivity contribution is -0.119. The number of fused-ring (bicyclic) bond motifs is 1. The number of nitrogens with one attached hydrogen (secondary N) is 3. The molecule has 1 aliphatic heterocycles. The fraction of sp³-hybridized carbons (Fsp3) is 0.353. The Hall–Kier alpha value is -2.76. The van der Waals surface area contributed by atoms with E-state index in [0.29, 0.717) is 10.9 Å². The molecule has 0 radical (unpaired) electrons. The highest BCUT2D eigenvalue weighted by atomic mass is 32.2. The van der Waals surface area contributed by atoms with Crippen LogP contribution < -0.4 is 21.7 Å². The molecule has 1 saturated heterocycles. The van der Waals surface area contributed by atoms with Gasteiger partial charge in [-0.2, -0.15) is 0 Å². The summed E-state index contributed by atoms with van der Waals surface area (Å²) in [5, 5.41) is 3.29. The topological polar surface area (TPSA) is 127 Å². The average molecular weight is 401 g/mol. The second-order valence-corrected chi connectivity index (χ2v) is 7.37. The summed E-state index contributed by atoms with van der Waals surface area (Å²) in [5.74, 6) is 0.563. The lowest BCUT2D eigenvalue weighted by atomic mass is 10.2. The van der Waals surface area contributed by atoms with Crippen molar-refractivity contribution in [1.29, 1.82) is 0 Å². The van der Waals surface area contributed by atoms with Gasteiger partial charge < -0.3 is 9.73 Å². The van der Waals surface area contributed by atoms with E-state index in [1.807, 2.05) is 6.92 Å². The Balaban J connectivity index is 1.56. The predicted octanol–water partition coefficient (Wildman–Crippen LogP) is 0.249. The van der Waals surface area contributed by atoms with Crippen LogP contribution >= 0.6 is 11.8 Å². The number of amides is 1. The lowest BCUT2D eigenvalue weighted by Gasteiger charge is -2.13. The van der Waals surface area contributed by atoms with E-state index in [9.17, 15) is 9.59 Å². The molecule has 146 valence electrons. The highest BCUT2D eigenvalue weighted by molar-refractivity contribution is 7.99. The Labute approximate surface area is 164 Å². The highest BCUT2D eigenvalue weighted by Gasteiger charge is 2.22. The fourth-order valence-electron chi connectivity index (χ4n) is 2.91. The van der Waals surface area contributed by atoms with E-state index in [2.05, 4.69) is 31.1 Å². The smallest absolute Gasteiger partial charge is 0.282 e. The maximum absolute atomic E-state index is 12.9. The normalized spacial score (nSPS) is 19.2. The molecule has 0 spiro atoms. The first-order valence-electron chi connectivity index (χ1n) is 8.77. The summed E-state index contributed by atoms with van der Waals surface area (Å²) in [4.78, 5) is 37.8. The summed E-state index contributed by atoms with van der Waals surface area (Å²) in [5.41, 5.74) is 6.18. The van der Waals surface area contributed by atoms with Crippen LogP contribution in [0.3, 0.4) is 0 Å². The van der Waals surface area contributed by atoms with E-state index < -0.39 is 0 Å². The molecule has 3 aromatic rings. The molecule has 0 saturated carbocycles. The number of hydrazine groups is 1. The zero-order valence-corrected chi connectivity index (χ0v) is 15.9. The molecule has 28 heavy (non-hydrogen) atoms. The Kier molecular flexibility index (Phi) is 5.37. The molecule has 0 aliphatic carbocycles. The van der Waals surface area contributed by atoms with Crippen LogP contribution in [-0.4, -0.2) is 43.4 Å². The summed E-state index contributed by atoms with van der Waals surface area (Å²) in [6.07, 6.45) is 5.14. The van der Waals surface area contributed by atoms with Gasteiger partial charge in [-0.15, -0.1) is 0 Å². The van der Waals surface area contributed by atoms with Crippen molar-refractivity contribution in [2.24, 2.45) is 0 Å². The van der Waals surface area contributed by atoms with E-state index in [1.54, 1.807) is 18.4 Å². The number of hydrogen-bond acceptors (Lipinski definition) is 9. The Morgan fingerprint density at radius 1 is 1.39 bits per heavy atom. The summed E-state index contributed by atoms with van der Waals surface area (Å²) >= 11 is 1.17. The van der Waals surface area contributed by atoms with Crippen LogP contribution in [0.4, 0.5) is 0 Å². The van der Waals surface area contributed by atoms with Crippen LogP contribution in [0.25, 0.3) is 11.2 Å². The first-order valence-corrected chi connectivity index (χ1v) is 9.76. The number of furan rings is 1. The summed E-state index contributed by atoms with van der Waals surface area (Å²) in [6.45, 7) is 2.22. The van der Waals surface area contributed by atoms with E-state index >= 15 is 0 Å². The number of carbonyl (C=O) groups is 1. The summed E-state index contributed by atoms with van der Waals surface area (Å²) < 4.78 is 6.81. The second kappa shape index (κ2) is 8.09. The van der Waals surface area contributed by atoms with Crippen molar-refractivity contribution in [3.63, 3.8) is 0 Å². The van der Waals surface area contributed by atoms with Gasteiger partial charge in [-0.1, -0.05) is 11.8 Å². The monoisotopic (exact) mass is 401 g/mol. The average Bonchev–Trinajstić information content (AvgIpc) is 3.34. The van der Waals surface area contributed by atoms with Crippen molar-refractivity contribution in [3.05, 3.63) is 46.9 Å². The van der Waals surface area contributed by atoms with Gasteiger partial charge in [0.25, 0.3) is 5.56 Å². The van der Waals surface area contributed by atoms with Crippen molar-refractivity contribution >= 4 is 28.8 Å². The standard InChI is InChI=1S/C17H19N7O3S/c1-10-7-12(23-22-10)20-13(25)9-28-17-21-15-14(18-4-5-19-15)16(26)24(17)8-11-3-2-6-27-11/h2-6,10,12,22-23H,7-9H2,1H3,(H,20,25). The lowest BCUT2D eigenvalue weighted by Crippen LogP contribution is -2.45. The number of aromatic nitrogens is 4. The van der Waals surface area contributed by atoms with E-state index in [1.165, 1.54) is 28.7 Å². The number of carbonyl (C=O) groups excluding carboxylic acids is 1. The molecule has 2 atom stereocenters. The zero-order chi connectivity index (χ0) is 19.5.